The molecule has 0 bridgehead atoms. The maximum Gasteiger partial charge on any atom is 0.208 e. The van der Waals surface area contributed by atoms with Crippen molar-refractivity contribution in [3.8, 4) is 0 Å². The molecule has 0 amide bonds. The van der Waals surface area contributed by atoms with E-state index in [0.717, 1.165) is 5.56 Å². The minimum absolute atomic E-state index is 0.615. The van der Waals surface area contributed by atoms with Crippen molar-refractivity contribution < 1.29 is 0 Å². The summed E-state index contributed by atoms with van der Waals surface area (Å²) in [4.78, 5) is 1.19. The van der Waals surface area contributed by atoms with Crippen molar-refractivity contribution in [1.29, 1.82) is 0 Å². The van der Waals surface area contributed by atoms with Gasteiger partial charge >= 0.3 is 0 Å². The maximum atomic E-state index is 3.75. The zero-order chi connectivity index (χ0) is 7.68. The Balaban J connectivity index is 2.37. The van der Waals surface area contributed by atoms with Gasteiger partial charge in [-0.15, -0.1) is 21.9 Å². The average molecular weight is 165 g/mol. The zero-order valence-electron chi connectivity index (χ0n) is 5.85. The van der Waals surface area contributed by atoms with Gasteiger partial charge in [-0.3, -0.25) is 0 Å². The van der Waals surface area contributed by atoms with E-state index in [1.165, 1.54) is 4.88 Å². The lowest BCUT2D eigenvalue weighted by Crippen LogP contribution is -2.07. The number of amidine groups is 1. The summed E-state index contributed by atoms with van der Waals surface area (Å²) >= 11 is 1.67. The van der Waals surface area contributed by atoms with Gasteiger partial charge in [0.25, 0.3) is 0 Å². The molecule has 0 N–H and O–H groups in total. The third-order valence-corrected chi connectivity index (χ3v) is 2.26. The predicted octanol–water partition coefficient (Wildman–Crippen LogP) is 1.70. The number of thiophene rings is 1. The third kappa shape index (κ3) is 1.03. The highest BCUT2D eigenvalue weighted by Crippen LogP contribution is 2.16. The quantitative estimate of drug-likeness (QED) is 0.608. The summed E-state index contributed by atoms with van der Waals surface area (Å²) in [6.07, 6.45) is 0. The number of nitrogens with zero attached hydrogens (tertiary/aromatic N) is 4. The predicted molar refractivity (Wildman–Crippen MR) is 42.6 cm³/mol. The Labute approximate surface area is 67.6 Å². The molecule has 0 fully saturated rings. The first-order chi connectivity index (χ1) is 5.38. The highest BCUT2D eigenvalue weighted by molar-refractivity contribution is 7.10. The van der Waals surface area contributed by atoms with Crippen LogP contribution < -0.4 is 5.43 Å². The molecule has 1 aromatic heterocycles. The monoisotopic (exact) mass is 165 g/mol. The smallest absolute Gasteiger partial charge is 0.148 e. The van der Waals surface area contributed by atoms with Crippen LogP contribution in [0.1, 0.15) is 10.4 Å². The van der Waals surface area contributed by atoms with Gasteiger partial charge < -0.3 is 0 Å². The van der Waals surface area contributed by atoms with E-state index in [9.17, 15) is 0 Å². The molecule has 0 aromatic carbocycles. The van der Waals surface area contributed by atoms with Crippen LogP contribution in [0.5, 0.6) is 0 Å². The van der Waals surface area contributed by atoms with E-state index in [0.29, 0.717) is 5.84 Å². The van der Waals surface area contributed by atoms with Crippen LogP contribution in [-0.4, -0.2) is 5.84 Å². The molecule has 0 atom stereocenters. The second-order valence-electron chi connectivity index (χ2n) is 2.09. The van der Waals surface area contributed by atoms with Crippen LogP contribution >= 0.6 is 11.3 Å². The molecule has 0 saturated heterocycles. The first-order valence-electron chi connectivity index (χ1n) is 3.11. The SMILES string of the molecule is Cc1sccc1C1=NN=N[N]1. The van der Waals surface area contributed by atoms with Crippen LogP contribution in [0.25, 0.3) is 0 Å². The van der Waals surface area contributed by atoms with Crippen molar-refractivity contribution >= 4 is 17.2 Å². The van der Waals surface area contributed by atoms with Gasteiger partial charge in [0, 0.05) is 10.4 Å². The van der Waals surface area contributed by atoms with Crippen LogP contribution in [0.2, 0.25) is 0 Å². The first-order valence-corrected chi connectivity index (χ1v) is 3.99. The number of hydrogen-bond acceptors (Lipinski definition) is 4. The number of hydrogen-bond donors (Lipinski definition) is 0. The maximum absolute atomic E-state index is 3.75. The molecule has 2 heterocycles. The standard InChI is InChI=1S/C6H5N4S/c1-4-5(2-3-11-4)6-7-9-10-8-6/h2-3H,1H3. The molecule has 1 aliphatic rings. The second kappa shape index (κ2) is 2.43. The lowest BCUT2D eigenvalue weighted by Gasteiger charge is -1.92. The molecular weight excluding hydrogens is 160 g/mol. The Bertz CT molecular complexity index is 325. The number of aryl methyl sites for hydroxylation is 1. The highest BCUT2D eigenvalue weighted by atomic mass is 32.1. The summed E-state index contributed by atoms with van der Waals surface area (Å²) in [5.74, 6) is 0.615. The molecule has 0 unspecified atom stereocenters. The Morgan fingerprint density at radius 3 is 2.82 bits per heavy atom. The van der Waals surface area contributed by atoms with Gasteiger partial charge in [0.05, 0.1) is 0 Å². The summed E-state index contributed by atoms with van der Waals surface area (Å²) in [6.45, 7) is 2.02. The third-order valence-electron chi connectivity index (χ3n) is 1.42. The first kappa shape index (κ1) is 6.48. The Kier molecular flexibility index (Phi) is 1.43. The van der Waals surface area contributed by atoms with Gasteiger partial charge in [0.1, 0.15) is 0 Å². The van der Waals surface area contributed by atoms with Crippen LogP contribution in [-0.2, 0) is 0 Å². The van der Waals surface area contributed by atoms with Gasteiger partial charge in [-0.25, -0.2) is 0 Å². The molecule has 1 aromatic rings. The normalized spacial score (nSPS) is 14.8. The minimum atomic E-state index is 0.615. The van der Waals surface area contributed by atoms with E-state index in [-0.39, 0.29) is 0 Å². The fraction of sp³-hybridized carbons (Fsp3) is 0.167. The van der Waals surface area contributed by atoms with Gasteiger partial charge in [0.15, 0.2) is 0 Å². The molecule has 4 nitrogen and oxygen atoms in total. The van der Waals surface area contributed by atoms with Crippen molar-refractivity contribution in [1.82, 2.24) is 5.43 Å². The fourth-order valence-corrected chi connectivity index (χ4v) is 1.56. The zero-order valence-corrected chi connectivity index (χ0v) is 6.67. The van der Waals surface area contributed by atoms with E-state index < -0.39 is 0 Å². The van der Waals surface area contributed by atoms with Gasteiger partial charge in [-0.2, -0.15) is 0 Å². The van der Waals surface area contributed by atoms with Crippen molar-refractivity contribution in [3.63, 3.8) is 0 Å². The summed E-state index contributed by atoms with van der Waals surface area (Å²) in [5, 5.41) is 12.6. The summed E-state index contributed by atoms with van der Waals surface area (Å²) in [5.41, 5.74) is 4.78. The van der Waals surface area contributed by atoms with Crippen LogP contribution in [0, 0.1) is 6.92 Å². The number of rotatable bonds is 1. The minimum Gasteiger partial charge on any atom is -0.148 e. The highest BCUT2D eigenvalue weighted by Gasteiger charge is 2.11. The molecule has 0 spiro atoms. The molecule has 1 aliphatic heterocycles. The topological polar surface area (TPSA) is 51.2 Å². The lowest BCUT2D eigenvalue weighted by atomic mass is 10.2. The van der Waals surface area contributed by atoms with Crippen molar-refractivity contribution in [2.45, 2.75) is 6.92 Å². The molecule has 55 valence electrons. The van der Waals surface area contributed by atoms with Crippen LogP contribution in [0.15, 0.2) is 27.0 Å². The molecule has 1 radical (unpaired) electrons. The van der Waals surface area contributed by atoms with Gasteiger partial charge in [-0.1, -0.05) is 0 Å². The van der Waals surface area contributed by atoms with Crippen molar-refractivity contribution in [2.24, 2.45) is 15.5 Å². The van der Waals surface area contributed by atoms with Crippen molar-refractivity contribution in [2.75, 3.05) is 0 Å². The molecule has 5 heteroatoms. The van der Waals surface area contributed by atoms with E-state index in [1.807, 2.05) is 18.4 Å². The Morgan fingerprint density at radius 2 is 2.27 bits per heavy atom. The van der Waals surface area contributed by atoms with Crippen LogP contribution in [0.4, 0.5) is 0 Å². The van der Waals surface area contributed by atoms with E-state index in [2.05, 4.69) is 21.0 Å². The Hall–Kier alpha value is -1.23. The van der Waals surface area contributed by atoms with E-state index in [1.54, 1.807) is 11.3 Å². The van der Waals surface area contributed by atoms with Gasteiger partial charge in [0.2, 0.25) is 5.84 Å². The van der Waals surface area contributed by atoms with E-state index >= 15 is 0 Å². The fourth-order valence-electron chi connectivity index (χ4n) is 0.869. The summed E-state index contributed by atoms with van der Waals surface area (Å²) < 4.78 is 0. The largest absolute Gasteiger partial charge is 0.208 e. The average Bonchev–Trinajstić information content (AvgIpc) is 2.55. The van der Waals surface area contributed by atoms with Gasteiger partial charge in [-0.05, 0) is 28.8 Å². The molecule has 0 aliphatic carbocycles. The summed E-state index contributed by atoms with van der Waals surface area (Å²) in [7, 11) is 0. The Morgan fingerprint density at radius 1 is 1.36 bits per heavy atom. The lowest BCUT2D eigenvalue weighted by molar-refractivity contribution is 0.923. The summed E-state index contributed by atoms with van der Waals surface area (Å²) in [6, 6.07) is 1.97. The van der Waals surface area contributed by atoms with E-state index in [4.69, 9.17) is 0 Å². The molecule has 0 saturated carbocycles. The molecule has 2 rings (SSSR count). The van der Waals surface area contributed by atoms with Crippen molar-refractivity contribution in [3.05, 3.63) is 21.9 Å². The second-order valence-corrected chi connectivity index (χ2v) is 3.21. The van der Waals surface area contributed by atoms with Crippen LogP contribution in [0.3, 0.4) is 0 Å². The molecular formula is C6H5N4S. The molecule has 11 heavy (non-hydrogen) atoms.